The average Bonchev–Trinajstić information content (AvgIpc) is 2.10. The Morgan fingerprint density at radius 1 is 1.33 bits per heavy atom. The van der Waals surface area contributed by atoms with Crippen molar-refractivity contribution in [2.45, 2.75) is 25.4 Å². The van der Waals surface area contributed by atoms with Crippen molar-refractivity contribution < 1.29 is 13.9 Å². The second-order valence-electron chi connectivity index (χ2n) is 3.96. The second-order valence-corrected chi connectivity index (χ2v) is 3.96. The maximum atomic E-state index is 12.9. The first-order chi connectivity index (χ1) is 6.94. The van der Waals surface area contributed by atoms with Gasteiger partial charge in [-0.3, -0.25) is 0 Å². The van der Waals surface area contributed by atoms with Crippen LogP contribution in [0.4, 0.5) is 8.78 Å². The maximum Gasteiger partial charge on any atom is 0.159 e. The molecule has 1 rings (SSSR count). The molecular weight excluding hydrogens is 200 g/mol. The minimum absolute atomic E-state index is 0.265. The van der Waals surface area contributed by atoms with E-state index >= 15 is 0 Å². The molecule has 0 bridgehead atoms. The third-order valence-electron chi connectivity index (χ3n) is 2.25. The molecule has 1 aromatic carbocycles. The van der Waals surface area contributed by atoms with Crippen molar-refractivity contribution in [3.63, 3.8) is 0 Å². The van der Waals surface area contributed by atoms with Gasteiger partial charge in [-0.05, 0) is 37.6 Å². The molecule has 0 saturated carbocycles. The third kappa shape index (κ3) is 3.57. The Labute approximate surface area is 87.7 Å². The van der Waals surface area contributed by atoms with Gasteiger partial charge in [0.2, 0.25) is 0 Å². The number of aliphatic hydroxyl groups is 1. The summed E-state index contributed by atoms with van der Waals surface area (Å²) in [5.41, 5.74) is 4.92. The van der Waals surface area contributed by atoms with Crippen LogP contribution in [-0.4, -0.2) is 17.3 Å². The SMILES string of the molecule is CC(O)(CCN)Cc1ccc(F)c(F)c1. The lowest BCUT2D eigenvalue weighted by Crippen LogP contribution is -2.30. The minimum Gasteiger partial charge on any atom is -0.390 e. The summed E-state index contributed by atoms with van der Waals surface area (Å²) in [6.07, 6.45) is 0.688. The first-order valence-electron chi connectivity index (χ1n) is 4.81. The summed E-state index contributed by atoms with van der Waals surface area (Å²) in [6, 6.07) is 3.62. The van der Waals surface area contributed by atoms with Crippen molar-refractivity contribution in [1.82, 2.24) is 0 Å². The highest BCUT2D eigenvalue weighted by atomic mass is 19.2. The summed E-state index contributed by atoms with van der Waals surface area (Å²) < 4.78 is 25.5. The molecule has 0 aliphatic rings. The van der Waals surface area contributed by atoms with Gasteiger partial charge in [-0.15, -0.1) is 0 Å². The topological polar surface area (TPSA) is 46.2 Å². The van der Waals surface area contributed by atoms with E-state index in [4.69, 9.17) is 5.73 Å². The van der Waals surface area contributed by atoms with Gasteiger partial charge >= 0.3 is 0 Å². The molecule has 0 heterocycles. The lowest BCUT2D eigenvalue weighted by atomic mass is 9.93. The van der Waals surface area contributed by atoms with Gasteiger partial charge < -0.3 is 10.8 Å². The summed E-state index contributed by atoms with van der Waals surface area (Å²) in [7, 11) is 0. The van der Waals surface area contributed by atoms with E-state index in [0.717, 1.165) is 12.1 Å². The Morgan fingerprint density at radius 2 is 2.00 bits per heavy atom. The van der Waals surface area contributed by atoms with E-state index in [2.05, 4.69) is 0 Å². The number of hydrogen-bond acceptors (Lipinski definition) is 2. The molecular formula is C11H15F2NO. The summed E-state index contributed by atoms with van der Waals surface area (Å²) in [4.78, 5) is 0. The fourth-order valence-corrected chi connectivity index (χ4v) is 1.49. The molecule has 1 aromatic rings. The first kappa shape index (κ1) is 12.1. The molecule has 2 nitrogen and oxygen atoms in total. The highest BCUT2D eigenvalue weighted by molar-refractivity contribution is 5.19. The van der Waals surface area contributed by atoms with E-state index in [1.165, 1.54) is 6.07 Å². The minimum atomic E-state index is -0.973. The van der Waals surface area contributed by atoms with E-state index in [1.807, 2.05) is 0 Å². The molecule has 1 atom stereocenters. The van der Waals surface area contributed by atoms with Crippen LogP contribution >= 0.6 is 0 Å². The number of rotatable bonds is 4. The van der Waals surface area contributed by atoms with E-state index in [9.17, 15) is 13.9 Å². The first-order valence-corrected chi connectivity index (χ1v) is 4.81. The zero-order valence-corrected chi connectivity index (χ0v) is 8.63. The van der Waals surface area contributed by atoms with Gasteiger partial charge in [0.05, 0.1) is 5.60 Å². The molecule has 0 aromatic heterocycles. The molecule has 3 N–H and O–H groups in total. The van der Waals surface area contributed by atoms with E-state index in [0.29, 0.717) is 18.5 Å². The summed E-state index contributed by atoms with van der Waals surface area (Å²) in [5.74, 6) is -1.77. The van der Waals surface area contributed by atoms with Crippen molar-refractivity contribution in [3.05, 3.63) is 35.4 Å². The van der Waals surface area contributed by atoms with Crippen molar-refractivity contribution in [2.75, 3.05) is 6.54 Å². The van der Waals surface area contributed by atoms with Crippen molar-refractivity contribution >= 4 is 0 Å². The van der Waals surface area contributed by atoms with Crippen LogP contribution in [0.15, 0.2) is 18.2 Å². The number of halogens is 2. The van der Waals surface area contributed by atoms with Crippen LogP contribution in [0.25, 0.3) is 0 Å². The standard InChI is InChI=1S/C11H15F2NO/c1-11(15,4-5-14)7-8-2-3-9(12)10(13)6-8/h2-3,6,15H,4-5,7,14H2,1H3. The lowest BCUT2D eigenvalue weighted by Gasteiger charge is -2.22. The highest BCUT2D eigenvalue weighted by Gasteiger charge is 2.20. The van der Waals surface area contributed by atoms with Crippen LogP contribution in [0, 0.1) is 11.6 Å². The highest BCUT2D eigenvalue weighted by Crippen LogP contribution is 2.18. The Bertz CT molecular complexity index is 339. The summed E-state index contributed by atoms with van der Waals surface area (Å²) in [6.45, 7) is 1.98. The zero-order valence-electron chi connectivity index (χ0n) is 8.63. The largest absolute Gasteiger partial charge is 0.390 e. The molecule has 0 spiro atoms. The molecule has 0 saturated heterocycles. The average molecular weight is 215 g/mol. The lowest BCUT2D eigenvalue weighted by molar-refractivity contribution is 0.0538. The van der Waals surface area contributed by atoms with Gasteiger partial charge in [0, 0.05) is 6.42 Å². The normalized spacial score (nSPS) is 15.0. The number of hydrogen-bond donors (Lipinski definition) is 2. The quantitative estimate of drug-likeness (QED) is 0.801. The van der Waals surface area contributed by atoms with Crippen LogP contribution in [0.2, 0.25) is 0 Å². The Hall–Kier alpha value is -1.00. The fourth-order valence-electron chi connectivity index (χ4n) is 1.49. The van der Waals surface area contributed by atoms with Crippen molar-refractivity contribution in [3.8, 4) is 0 Å². The Morgan fingerprint density at radius 3 is 2.53 bits per heavy atom. The van der Waals surface area contributed by atoms with Gasteiger partial charge in [0.25, 0.3) is 0 Å². The zero-order chi connectivity index (χ0) is 11.5. The van der Waals surface area contributed by atoms with Crippen LogP contribution in [0.5, 0.6) is 0 Å². The van der Waals surface area contributed by atoms with Crippen LogP contribution < -0.4 is 5.73 Å². The van der Waals surface area contributed by atoms with Crippen molar-refractivity contribution in [2.24, 2.45) is 5.73 Å². The Kier molecular flexibility index (Phi) is 3.77. The van der Waals surface area contributed by atoms with Crippen molar-refractivity contribution in [1.29, 1.82) is 0 Å². The van der Waals surface area contributed by atoms with Crippen LogP contribution in [-0.2, 0) is 6.42 Å². The molecule has 0 aliphatic heterocycles. The number of nitrogens with two attached hydrogens (primary N) is 1. The van der Waals surface area contributed by atoms with Gasteiger partial charge in [-0.2, -0.15) is 0 Å². The molecule has 0 fully saturated rings. The van der Waals surface area contributed by atoms with E-state index in [1.54, 1.807) is 6.92 Å². The fraction of sp³-hybridized carbons (Fsp3) is 0.455. The third-order valence-corrected chi connectivity index (χ3v) is 2.25. The van der Waals surface area contributed by atoms with Crippen LogP contribution in [0.1, 0.15) is 18.9 Å². The van der Waals surface area contributed by atoms with E-state index < -0.39 is 17.2 Å². The molecule has 0 amide bonds. The van der Waals surface area contributed by atoms with Gasteiger partial charge in [0.1, 0.15) is 0 Å². The maximum absolute atomic E-state index is 12.9. The molecule has 4 heteroatoms. The summed E-state index contributed by atoms with van der Waals surface area (Å²) in [5, 5.41) is 9.83. The number of benzene rings is 1. The molecule has 15 heavy (non-hydrogen) atoms. The monoisotopic (exact) mass is 215 g/mol. The molecule has 0 aliphatic carbocycles. The predicted molar refractivity (Wildman–Crippen MR) is 54.4 cm³/mol. The summed E-state index contributed by atoms with van der Waals surface area (Å²) >= 11 is 0. The van der Waals surface area contributed by atoms with Gasteiger partial charge in [0.15, 0.2) is 11.6 Å². The van der Waals surface area contributed by atoms with Gasteiger partial charge in [-0.25, -0.2) is 8.78 Å². The second kappa shape index (κ2) is 4.68. The van der Waals surface area contributed by atoms with E-state index in [-0.39, 0.29) is 6.42 Å². The smallest absolute Gasteiger partial charge is 0.159 e. The predicted octanol–water partition coefficient (Wildman–Crippen LogP) is 1.61. The molecule has 1 unspecified atom stereocenters. The van der Waals surface area contributed by atoms with Gasteiger partial charge in [-0.1, -0.05) is 6.07 Å². The molecule has 0 radical (unpaired) electrons. The Balaban J connectivity index is 2.76. The van der Waals surface area contributed by atoms with Crippen LogP contribution in [0.3, 0.4) is 0 Å². The molecule has 84 valence electrons.